The van der Waals surface area contributed by atoms with Gasteiger partial charge in [0.2, 0.25) is 0 Å². The lowest BCUT2D eigenvalue weighted by atomic mass is 10.00. The Labute approximate surface area is 249 Å². The van der Waals surface area contributed by atoms with Crippen molar-refractivity contribution in [1.29, 1.82) is 0 Å². The number of rotatable bonds is 5. The Balaban J connectivity index is 1.26. The van der Waals surface area contributed by atoms with Crippen LogP contribution in [0.3, 0.4) is 0 Å². The molecule has 8 rings (SSSR count). The fraction of sp³-hybridized carbons (Fsp3) is 0. The zero-order valence-corrected chi connectivity index (χ0v) is 23.8. The quantitative estimate of drug-likeness (QED) is 0.205. The number of thiophene rings is 1. The number of para-hydroxylation sites is 1. The van der Waals surface area contributed by atoms with Gasteiger partial charge in [0.15, 0.2) is 0 Å². The van der Waals surface area contributed by atoms with Gasteiger partial charge in [0.05, 0.1) is 0 Å². The molecule has 0 unspecified atom stereocenters. The molecule has 0 fully saturated rings. The molecule has 42 heavy (non-hydrogen) atoms. The van der Waals surface area contributed by atoms with E-state index in [0.29, 0.717) is 0 Å². The van der Waals surface area contributed by atoms with Crippen LogP contribution in [0, 0.1) is 0 Å². The van der Waals surface area contributed by atoms with E-state index in [0.717, 1.165) is 17.1 Å². The number of hydrogen-bond donors (Lipinski definition) is 0. The Kier molecular flexibility index (Phi) is 6.05. The summed E-state index contributed by atoms with van der Waals surface area (Å²) >= 11 is 1.88. The average Bonchev–Trinajstić information content (AvgIpc) is 3.44. The van der Waals surface area contributed by atoms with E-state index in [1.807, 2.05) is 11.3 Å². The first-order chi connectivity index (χ1) is 20.8. The molecule has 2 heteroatoms. The molecule has 0 atom stereocenters. The minimum atomic E-state index is 1.13. The van der Waals surface area contributed by atoms with E-state index in [-0.39, 0.29) is 0 Å². The summed E-state index contributed by atoms with van der Waals surface area (Å²) in [5.74, 6) is 0. The Morgan fingerprint density at radius 1 is 0.381 bits per heavy atom. The first kappa shape index (κ1) is 24.6. The maximum absolute atomic E-state index is 2.36. The van der Waals surface area contributed by atoms with E-state index in [1.54, 1.807) is 0 Å². The van der Waals surface area contributed by atoms with Crippen molar-refractivity contribution in [3.05, 3.63) is 164 Å². The third-order valence-electron chi connectivity index (χ3n) is 8.02. The number of benzene rings is 7. The molecule has 0 spiro atoms. The summed E-state index contributed by atoms with van der Waals surface area (Å²) in [6, 6.07) is 59.1. The van der Waals surface area contributed by atoms with Crippen LogP contribution in [-0.2, 0) is 0 Å². The Hall–Kier alpha value is -5.18. The van der Waals surface area contributed by atoms with Crippen LogP contribution in [0.2, 0.25) is 0 Å². The summed E-state index contributed by atoms with van der Waals surface area (Å²) in [6.07, 6.45) is 0. The first-order valence-corrected chi connectivity index (χ1v) is 15.1. The van der Waals surface area contributed by atoms with Crippen LogP contribution < -0.4 is 4.90 Å². The molecule has 0 saturated heterocycles. The summed E-state index contributed by atoms with van der Waals surface area (Å²) in [5.41, 5.74) is 8.30. The third-order valence-corrected chi connectivity index (χ3v) is 9.24. The van der Waals surface area contributed by atoms with Gasteiger partial charge in [-0.05, 0) is 81.6 Å². The molecule has 1 heterocycles. The smallest absolute Gasteiger partial charge is 0.0467 e. The van der Waals surface area contributed by atoms with Crippen molar-refractivity contribution in [2.45, 2.75) is 0 Å². The minimum absolute atomic E-state index is 1.13. The van der Waals surface area contributed by atoms with Crippen LogP contribution in [0.15, 0.2) is 164 Å². The molecule has 1 aromatic heterocycles. The second kappa shape index (κ2) is 10.3. The predicted molar refractivity (Wildman–Crippen MR) is 182 cm³/mol. The summed E-state index contributed by atoms with van der Waals surface area (Å²) in [5, 5.41) is 5.16. The van der Waals surface area contributed by atoms with Crippen molar-refractivity contribution in [2.24, 2.45) is 0 Å². The molecular formula is C40H27NS. The van der Waals surface area contributed by atoms with Crippen LogP contribution in [0.25, 0.3) is 53.2 Å². The number of anilines is 3. The number of hydrogen-bond acceptors (Lipinski definition) is 2. The molecule has 0 N–H and O–H groups in total. The standard InChI is InChI=1S/C40H27NS/c1-2-15-33(16-3-1)41(34-17-8-13-30(26-34)31-24-23-28-11-4-5-12-29(28)25-31)35-18-9-14-32(27-35)36-20-10-21-38-37-19-6-7-22-39(37)42-40(36)38/h1-27H. The third kappa shape index (κ3) is 4.34. The van der Waals surface area contributed by atoms with Gasteiger partial charge in [-0.3, -0.25) is 0 Å². The highest BCUT2D eigenvalue weighted by atomic mass is 32.1. The van der Waals surface area contributed by atoms with Crippen LogP contribution in [0.4, 0.5) is 17.1 Å². The predicted octanol–water partition coefficient (Wildman–Crippen LogP) is 12.0. The summed E-state index contributed by atoms with van der Waals surface area (Å²) in [7, 11) is 0. The summed E-state index contributed by atoms with van der Waals surface area (Å²) < 4.78 is 2.66. The lowest BCUT2D eigenvalue weighted by Crippen LogP contribution is -2.10. The highest BCUT2D eigenvalue weighted by Crippen LogP contribution is 2.42. The fourth-order valence-electron chi connectivity index (χ4n) is 6.00. The van der Waals surface area contributed by atoms with Crippen molar-refractivity contribution in [1.82, 2.24) is 0 Å². The second-order valence-corrected chi connectivity index (χ2v) is 11.7. The van der Waals surface area contributed by atoms with Gasteiger partial charge in [-0.2, -0.15) is 0 Å². The van der Waals surface area contributed by atoms with Gasteiger partial charge in [0.25, 0.3) is 0 Å². The summed E-state index contributed by atoms with van der Waals surface area (Å²) in [4.78, 5) is 2.36. The highest BCUT2D eigenvalue weighted by molar-refractivity contribution is 7.26. The lowest BCUT2D eigenvalue weighted by molar-refractivity contribution is 1.28. The van der Waals surface area contributed by atoms with Gasteiger partial charge < -0.3 is 4.90 Å². The second-order valence-electron chi connectivity index (χ2n) is 10.6. The van der Waals surface area contributed by atoms with E-state index in [1.165, 1.54) is 53.2 Å². The lowest BCUT2D eigenvalue weighted by Gasteiger charge is -2.26. The van der Waals surface area contributed by atoms with Crippen molar-refractivity contribution in [3.63, 3.8) is 0 Å². The molecule has 8 aromatic rings. The largest absolute Gasteiger partial charge is 0.310 e. The maximum Gasteiger partial charge on any atom is 0.0467 e. The number of nitrogens with zero attached hydrogens (tertiary/aromatic N) is 1. The molecule has 198 valence electrons. The van der Waals surface area contributed by atoms with Crippen molar-refractivity contribution < 1.29 is 0 Å². The first-order valence-electron chi connectivity index (χ1n) is 14.3. The van der Waals surface area contributed by atoms with Crippen molar-refractivity contribution >= 4 is 59.3 Å². The Bertz CT molecular complexity index is 2210. The van der Waals surface area contributed by atoms with Crippen molar-refractivity contribution in [3.8, 4) is 22.3 Å². The molecule has 0 radical (unpaired) electrons. The van der Waals surface area contributed by atoms with Crippen LogP contribution >= 0.6 is 11.3 Å². The van der Waals surface area contributed by atoms with E-state index in [9.17, 15) is 0 Å². The zero-order chi connectivity index (χ0) is 27.9. The average molecular weight is 554 g/mol. The van der Waals surface area contributed by atoms with Gasteiger partial charge in [-0.1, -0.05) is 115 Å². The molecule has 0 bridgehead atoms. The number of fused-ring (bicyclic) bond motifs is 4. The summed E-state index contributed by atoms with van der Waals surface area (Å²) in [6.45, 7) is 0. The van der Waals surface area contributed by atoms with Gasteiger partial charge >= 0.3 is 0 Å². The highest BCUT2D eigenvalue weighted by Gasteiger charge is 2.16. The SMILES string of the molecule is c1ccc(N(c2cccc(-c3ccc4ccccc4c3)c2)c2cccc(-c3cccc4c3sc3ccccc34)c2)cc1. The maximum atomic E-state index is 2.36. The van der Waals surface area contributed by atoms with Gasteiger partial charge in [0, 0.05) is 37.2 Å². The van der Waals surface area contributed by atoms with Crippen LogP contribution in [0.1, 0.15) is 0 Å². The normalized spacial score (nSPS) is 11.3. The molecule has 0 aliphatic rings. The zero-order valence-electron chi connectivity index (χ0n) is 22.9. The Morgan fingerprint density at radius 2 is 1.00 bits per heavy atom. The molecule has 0 aliphatic heterocycles. The van der Waals surface area contributed by atoms with E-state index in [4.69, 9.17) is 0 Å². The topological polar surface area (TPSA) is 3.24 Å². The molecule has 0 aliphatic carbocycles. The van der Waals surface area contributed by atoms with Crippen LogP contribution in [-0.4, -0.2) is 0 Å². The molecule has 7 aromatic carbocycles. The fourth-order valence-corrected chi connectivity index (χ4v) is 7.24. The Morgan fingerprint density at radius 3 is 1.86 bits per heavy atom. The molecule has 1 nitrogen and oxygen atoms in total. The van der Waals surface area contributed by atoms with Gasteiger partial charge in [-0.25, -0.2) is 0 Å². The van der Waals surface area contributed by atoms with E-state index >= 15 is 0 Å². The molecular weight excluding hydrogens is 527 g/mol. The molecule has 0 saturated carbocycles. The van der Waals surface area contributed by atoms with Gasteiger partial charge in [0.1, 0.15) is 0 Å². The minimum Gasteiger partial charge on any atom is -0.310 e. The molecule has 0 amide bonds. The van der Waals surface area contributed by atoms with E-state index in [2.05, 4.69) is 169 Å². The van der Waals surface area contributed by atoms with Crippen molar-refractivity contribution in [2.75, 3.05) is 4.90 Å². The monoisotopic (exact) mass is 553 g/mol. The van der Waals surface area contributed by atoms with Crippen LogP contribution in [0.5, 0.6) is 0 Å². The van der Waals surface area contributed by atoms with E-state index < -0.39 is 0 Å². The van der Waals surface area contributed by atoms with Gasteiger partial charge in [-0.15, -0.1) is 11.3 Å².